The molecule has 0 radical (unpaired) electrons. The van der Waals surface area contributed by atoms with Gasteiger partial charge in [-0.05, 0) is 149 Å². The summed E-state index contributed by atoms with van der Waals surface area (Å²) in [4.78, 5) is 5.37. The number of rotatable bonds is 49. The zero-order chi connectivity index (χ0) is 44.2. The molecule has 61 heavy (non-hydrogen) atoms. The monoisotopic (exact) mass is 847 g/mol. The van der Waals surface area contributed by atoms with Crippen molar-refractivity contribution in [2.75, 3.05) is 33.7 Å². The molecule has 0 aromatic heterocycles. The molecule has 0 aromatic carbocycles. The molecule has 0 unspecified atom stereocenters. The first-order valence-electron chi connectivity index (χ1n) is 27.4. The van der Waals surface area contributed by atoms with Gasteiger partial charge in [0.1, 0.15) is 0 Å². The zero-order valence-electron chi connectivity index (χ0n) is 42.4. The van der Waals surface area contributed by atoms with E-state index in [4.69, 9.17) is 0 Å². The minimum atomic E-state index is 0.786. The van der Waals surface area contributed by atoms with E-state index in [2.05, 4.69) is 118 Å². The van der Waals surface area contributed by atoms with E-state index in [9.17, 15) is 0 Å². The Morgan fingerprint density at radius 2 is 0.590 bits per heavy atom. The molecule has 0 amide bonds. The summed E-state index contributed by atoms with van der Waals surface area (Å²) in [6.07, 6.45) is 79.5. The smallest absolute Gasteiger partial charge is 0.00952 e. The van der Waals surface area contributed by atoms with Gasteiger partial charge in [-0.1, -0.05) is 222 Å². The maximum absolute atomic E-state index is 2.98. The molecule has 0 N–H and O–H groups in total. The van der Waals surface area contributed by atoms with Crippen molar-refractivity contribution in [1.29, 1.82) is 0 Å². The van der Waals surface area contributed by atoms with Gasteiger partial charge >= 0.3 is 0 Å². The van der Waals surface area contributed by atoms with Crippen molar-refractivity contribution in [3.8, 4) is 0 Å². The first-order valence-corrected chi connectivity index (χ1v) is 27.4. The fourth-order valence-electron chi connectivity index (χ4n) is 8.45. The minimum Gasteiger partial charge on any atom is -0.309 e. The van der Waals surface area contributed by atoms with Crippen LogP contribution in [0.15, 0.2) is 72.9 Å². The molecule has 0 spiro atoms. The summed E-state index contributed by atoms with van der Waals surface area (Å²) in [7, 11) is 4.50. The summed E-state index contributed by atoms with van der Waals surface area (Å²) in [6.45, 7) is 10.6. The van der Waals surface area contributed by atoms with E-state index in [-0.39, 0.29) is 0 Å². The lowest BCUT2D eigenvalue weighted by Crippen LogP contribution is -2.38. The minimum absolute atomic E-state index is 0.786. The summed E-state index contributed by atoms with van der Waals surface area (Å²) >= 11 is 0. The van der Waals surface area contributed by atoms with Crippen molar-refractivity contribution in [1.82, 2.24) is 9.80 Å². The molecule has 0 rings (SSSR count). The number of allylic oxidation sites excluding steroid dienone is 12. The van der Waals surface area contributed by atoms with Gasteiger partial charge in [0, 0.05) is 6.04 Å². The Kier molecular flexibility index (Phi) is 51.3. The highest BCUT2D eigenvalue weighted by Gasteiger charge is 2.18. The normalized spacial score (nSPS) is 12.8. The van der Waals surface area contributed by atoms with Gasteiger partial charge in [0.25, 0.3) is 0 Å². The van der Waals surface area contributed by atoms with Gasteiger partial charge in [0.15, 0.2) is 0 Å². The maximum Gasteiger partial charge on any atom is 0.00952 e. The third kappa shape index (κ3) is 49.2. The highest BCUT2D eigenvalue weighted by atomic mass is 15.2. The van der Waals surface area contributed by atoms with Crippen LogP contribution < -0.4 is 0 Å². The maximum atomic E-state index is 2.98. The Balaban J connectivity index is 4.73. The molecular formula is C59H110N2. The van der Waals surface area contributed by atoms with Crippen LogP contribution in [0.4, 0.5) is 0 Å². The van der Waals surface area contributed by atoms with Gasteiger partial charge in [0.2, 0.25) is 0 Å². The Bertz CT molecular complexity index is 950. The number of nitrogens with zero attached hydrogens (tertiary/aromatic N) is 2. The van der Waals surface area contributed by atoms with Crippen molar-refractivity contribution in [2.45, 2.75) is 271 Å². The van der Waals surface area contributed by atoms with Crippen LogP contribution in [0.1, 0.15) is 265 Å². The van der Waals surface area contributed by atoms with Crippen LogP contribution in [0.5, 0.6) is 0 Å². The first-order chi connectivity index (χ1) is 30.2. The average Bonchev–Trinajstić information content (AvgIpc) is 3.26. The molecule has 0 saturated heterocycles. The molecule has 0 aliphatic carbocycles. The summed E-state index contributed by atoms with van der Waals surface area (Å²) in [5.74, 6) is 0. The van der Waals surface area contributed by atoms with Crippen LogP contribution in [-0.2, 0) is 0 Å². The first kappa shape index (κ1) is 59.4. The molecular weight excluding hydrogens is 737 g/mol. The van der Waals surface area contributed by atoms with Crippen molar-refractivity contribution in [2.24, 2.45) is 0 Å². The second-order valence-electron chi connectivity index (χ2n) is 18.8. The highest BCUT2D eigenvalue weighted by Crippen LogP contribution is 2.21. The third-order valence-electron chi connectivity index (χ3n) is 12.4. The lowest BCUT2D eigenvalue weighted by molar-refractivity contribution is 0.159. The molecule has 0 aliphatic heterocycles. The standard InChI is InChI=1S/C59H110N2/c1-6-9-12-15-18-21-24-27-30-32-35-38-41-44-47-50-54-59(55-51-48-45-42-39-36-33-31-28-25-22-19-16-13-10-7-2)61(58-53-56-60(4)5)57-52-49-46-43-40-37-34-29-26-23-20-17-14-11-8-3/h14,17-19,21-23,26-28,30-31,59H,6-13,15-16,20,24-25,29,32-58H2,1-5H3/b17-14-,21-18-,22-19-,26-23-,30-27-,31-28-. The van der Waals surface area contributed by atoms with Crippen LogP contribution >= 0.6 is 0 Å². The van der Waals surface area contributed by atoms with Crippen LogP contribution in [0.2, 0.25) is 0 Å². The van der Waals surface area contributed by atoms with E-state index >= 15 is 0 Å². The number of hydrogen-bond donors (Lipinski definition) is 0. The van der Waals surface area contributed by atoms with Gasteiger partial charge in [0.05, 0.1) is 0 Å². The molecule has 0 fully saturated rings. The Hall–Kier alpha value is -1.64. The van der Waals surface area contributed by atoms with Gasteiger partial charge in [-0.15, -0.1) is 0 Å². The fourth-order valence-corrected chi connectivity index (χ4v) is 8.45. The average molecular weight is 848 g/mol. The molecule has 356 valence electrons. The van der Waals surface area contributed by atoms with E-state index in [1.165, 1.54) is 244 Å². The second-order valence-corrected chi connectivity index (χ2v) is 18.8. The summed E-state index contributed by atoms with van der Waals surface area (Å²) in [5.41, 5.74) is 0. The molecule has 2 nitrogen and oxygen atoms in total. The Morgan fingerprint density at radius 3 is 0.951 bits per heavy atom. The third-order valence-corrected chi connectivity index (χ3v) is 12.4. The van der Waals surface area contributed by atoms with Crippen LogP contribution in [0, 0.1) is 0 Å². The second kappa shape index (κ2) is 52.7. The molecule has 0 atom stereocenters. The molecule has 2 heteroatoms. The molecule has 0 saturated carbocycles. The molecule has 0 heterocycles. The lowest BCUT2D eigenvalue weighted by Gasteiger charge is -2.33. The number of unbranched alkanes of at least 4 members (excludes halogenated alkanes) is 26. The SMILES string of the molecule is CCC/C=C\C/C=C\CCCCCCCCCN(CCCN(C)C)C(CCCCCCCC/C=C\C/C=C\CCCCC)CCCCCCCC/C=C\C/C=C\CCCCC. The summed E-state index contributed by atoms with van der Waals surface area (Å²) in [6, 6.07) is 0.786. The van der Waals surface area contributed by atoms with E-state index < -0.39 is 0 Å². The highest BCUT2D eigenvalue weighted by molar-refractivity contribution is 4.94. The zero-order valence-corrected chi connectivity index (χ0v) is 42.4. The van der Waals surface area contributed by atoms with Crippen molar-refractivity contribution in [3.63, 3.8) is 0 Å². The van der Waals surface area contributed by atoms with Gasteiger partial charge in [-0.25, -0.2) is 0 Å². The van der Waals surface area contributed by atoms with Crippen molar-refractivity contribution in [3.05, 3.63) is 72.9 Å². The Labute approximate surface area is 385 Å². The van der Waals surface area contributed by atoms with E-state index in [1.54, 1.807) is 0 Å². The quantitative estimate of drug-likeness (QED) is 0.0445. The molecule has 0 bridgehead atoms. The summed E-state index contributed by atoms with van der Waals surface area (Å²) in [5, 5.41) is 0. The van der Waals surface area contributed by atoms with Gasteiger partial charge < -0.3 is 9.80 Å². The topological polar surface area (TPSA) is 6.48 Å². The van der Waals surface area contributed by atoms with Crippen molar-refractivity contribution < 1.29 is 0 Å². The van der Waals surface area contributed by atoms with Crippen LogP contribution in [0.3, 0.4) is 0 Å². The van der Waals surface area contributed by atoms with E-state index in [0.717, 1.165) is 25.3 Å². The predicted molar refractivity (Wildman–Crippen MR) is 281 cm³/mol. The Morgan fingerprint density at radius 1 is 0.279 bits per heavy atom. The predicted octanol–water partition coefficient (Wildman–Crippen LogP) is 19.4. The largest absolute Gasteiger partial charge is 0.309 e. The fraction of sp³-hybridized carbons (Fsp3) is 0.797. The summed E-state index contributed by atoms with van der Waals surface area (Å²) < 4.78 is 0. The lowest BCUT2D eigenvalue weighted by atomic mass is 9.97. The number of hydrogen-bond acceptors (Lipinski definition) is 2. The van der Waals surface area contributed by atoms with Gasteiger partial charge in [-0.2, -0.15) is 0 Å². The van der Waals surface area contributed by atoms with Gasteiger partial charge in [-0.3, -0.25) is 0 Å². The van der Waals surface area contributed by atoms with Crippen LogP contribution in [-0.4, -0.2) is 49.6 Å². The molecule has 0 aliphatic rings. The van der Waals surface area contributed by atoms with Crippen LogP contribution in [0.25, 0.3) is 0 Å². The van der Waals surface area contributed by atoms with E-state index in [0.29, 0.717) is 0 Å². The van der Waals surface area contributed by atoms with E-state index in [1.807, 2.05) is 0 Å². The van der Waals surface area contributed by atoms with Crippen molar-refractivity contribution >= 4 is 0 Å². The molecule has 0 aromatic rings.